The van der Waals surface area contributed by atoms with Crippen LogP contribution in [-0.2, 0) is 16.7 Å². The Bertz CT molecular complexity index is 787. The zero-order valence-corrected chi connectivity index (χ0v) is 15.5. The first-order chi connectivity index (χ1) is 12.5. The Balaban J connectivity index is 1.43. The number of rotatable bonds is 7. The van der Waals surface area contributed by atoms with Gasteiger partial charge in [0.1, 0.15) is 0 Å². The van der Waals surface area contributed by atoms with E-state index in [-0.39, 0.29) is 0 Å². The van der Waals surface area contributed by atoms with E-state index in [0.717, 1.165) is 44.8 Å². The first-order valence-corrected chi connectivity index (χ1v) is 10.3. The first-order valence-electron chi connectivity index (χ1n) is 8.86. The Morgan fingerprint density at radius 1 is 0.923 bits per heavy atom. The fourth-order valence-electron chi connectivity index (χ4n) is 3.27. The average Bonchev–Trinajstić information content (AvgIpc) is 2.63. The van der Waals surface area contributed by atoms with Crippen LogP contribution in [0.25, 0.3) is 0 Å². The molecule has 0 bridgehead atoms. The summed E-state index contributed by atoms with van der Waals surface area (Å²) in [6, 6.07) is 17.7. The Labute approximate surface area is 155 Å². The van der Waals surface area contributed by atoms with Crippen molar-refractivity contribution in [2.24, 2.45) is 0 Å². The molecular weight excluding hydrogens is 350 g/mol. The van der Waals surface area contributed by atoms with Gasteiger partial charge in [-0.15, -0.1) is 0 Å². The molecule has 1 aliphatic heterocycles. The van der Waals surface area contributed by atoms with Crippen molar-refractivity contribution in [3.05, 3.63) is 60.2 Å². The monoisotopic (exact) mass is 375 g/mol. The predicted octanol–water partition coefficient (Wildman–Crippen LogP) is 2.66. The highest BCUT2D eigenvalue weighted by Crippen LogP contribution is 2.20. The van der Waals surface area contributed by atoms with Crippen LogP contribution in [0.5, 0.6) is 0 Å². The summed E-state index contributed by atoms with van der Waals surface area (Å²) in [6.45, 7) is 5.08. The van der Waals surface area contributed by atoms with Gasteiger partial charge in [0, 0.05) is 31.9 Å². The van der Waals surface area contributed by atoms with E-state index >= 15 is 0 Å². The lowest BCUT2D eigenvalue weighted by atomic mass is 10.1. The molecule has 1 fully saturated rings. The second-order valence-corrected chi connectivity index (χ2v) is 7.70. The smallest absolute Gasteiger partial charge is 0.357 e. The number of hydrogen-bond donors (Lipinski definition) is 2. The predicted molar refractivity (Wildman–Crippen MR) is 105 cm³/mol. The molecule has 0 radical (unpaired) electrons. The summed E-state index contributed by atoms with van der Waals surface area (Å²) in [5, 5.41) is 0. The molecule has 0 atom stereocenters. The van der Waals surface area contributed by atoms with E-state index in [0.29, 0.717) is 5.69 Å². The Hall–Kier alpha value is -2.09. The van der Waals surface area contributed by atoms with Crippen molar-refractivity contribution in [1.29, 1.82) is 0 Å². The lowest BCUT2D eigenvalue weighted by Gasteiger charge is -2.36. The number of aryl methyl sites for hydroxylation is 1. The molecule has 2 aromatic carbocycles. The summed E-state index contributed by atoms with van der Waals surface area (Å²) >= 11 is 0. The molecule has 0 amide bonds. The molecule has 0 aromatic heterocycles. The molecule has 0 unspecified atom stereocenters. The molecule has 26 heavy (non-hydrogen) atoms. The van der Waals surface area contributed by atoms with Crippen molar-refractivity contribution < 1.29 is 13.0 Å². The van der Waals surface area contributed by atoms with Gasteiger partial charge >= 0.3 is 10.3 Å². The van der Waals surface area contributed by atoms with Crippen LogP contribution in [0.1, 0.15) is 12.0 Å². The number of nitrogens with zero attached hydrogens (tertiary/aromatic N) is 2. The third-order valence-electron chi connectivity index (χ3n) is 4.63. The van der Waals surface area contributed by atoms with Crippen LogP contribution in [0.15, 0.2) is 54.6 Å². The van der Waals surface area contributed by atoms with Gasteiger partial charge in [-0.05, 0) is 49.2 Å². The molecule has 3 rings (SSSR count). The van der Waals surface area contributed by atoms with Crippen LogP contribution in [0.4, 0.5) is 11.4 Å². The molecule has 1 saturated heterocycles. The van der Waals surface area contributed by atoms with Crippen molar-refractivity contribution in [2.75, 3.05) is 42.3 Å². The highest BCUT2D eigenvalue weighted by Gasteiger charge is 2.17. The van der Waals surface area contributed by atoms with E-state index in [1.165, 1.54) is 12.0 Å². The quantitative estimate of drug-likeness (QED) is 0.728. The van der Waals surface area contributed by atoms with E-state index in [4.69, 9.17) is 4.55 Å². The van der Waals surface area contributed by atoms with Gasteiger partial charge in [0.05, 0.1) is 5.69 Å². The van der Waals surface area contributed by atoms with Crippen LogP contribution >= 0.6 is 0 Å². The van der Waals surface area contributed by atoms with Gasteiger partial charge in [0.25, 0.3) is 0 Å². The lowest BCUT2D eigenvalue weighted by Crippen LogP contribution is -2.46. The molecule has 0 aliphatic carbocycles. The third-order valence-corrected chi connectivity index (χ3v) is 5.13. The largest absolute Gasteiger partial charge is 0.369 e. The zero-order chi connectivity index (χ0) is 18.4. The molecule has 1 aliphatic rings. The zero-order valence-electron chi connectivity index (χ0n) is 14.7. The number of hydrogen-bond acceptors (Lipinski definition) is 4. The highest BCUT2D eigenvalue weighted by molar-refractivity contribution is 7.87. The minimum atomic E-state index is -4.22. The minimum Gasteiger partial charge on any atom is -0.369 e. The summed E-state index contributed by atoms with van der Waals surface area (Å²) < 4.78 is 32.5. The second kappa shape index (κ2) is 8.53. The summed E-state index contributed by atoms with van der Waals surface area (Å²) in [7, 11) is -4.22. The maximum Gasteiger partial charge on any atom is 0.357 e. The van der Waals surface area contributed by atoms with Gasteiger partial charge in [0.2, 0.25) is 0 Å². The Morgan fingerprint density at radius 3 is 2.19 bits per heavy atom. The van der Waals surface area contributed by atoms with E-state index < -0.39 is 10.3 Å². The van der Waals surface area contributed by atoms with Gasteiger partial charge in [-0.25, -0.2) is 0 Å². The van der Waals surface area contributed by atoms with Crippen LogP contribution in [0.2, 0.25) is 0 Å². The van der Waals surface area contributed by atoms with E-state index in [2.05, 4.69) is 38.8 Å². The van der Waals surface area contributed by atoms with Crippen molar-refractivity contribution in [3.8, 4) is 0 Å². The molecule has 7 heteroatoms. The Morgan fingerprint density at radius 2 is 1.58 bits per heavy atom. The van der Waals surface area contributed by atoms with Gasteiger partial charge in [-0.3, -0.25) is 14.2 Å². The van der Waals surface area contributed by atoms with Crippen LogP contribution in [-0.4, -0.2) is 50.6 Å². The van der Waals surface area contributed by atoms with Crippen molar-refractivity contribution in [3.63, 3.8) is 0 Å². The summed E-state index contributed by atoms with van der Waals surface area (Å²) in [6.07, 6.45) is 2.28. The molecule has 2 aromatic rings. The fraction of sp³-hybridized carbons (Fsp3) is 0.368. The van der Waals surface area contributed by atoms with Gasteiger partial charge in [-0.1, -0.05) is 30.3 Å². The van der Waals surface area contributed by atoms with Crippen LogP contribution in [0, 0.1) is 0 Å². The van der Waals surface area contributed by atoms with Crippen LogP contribution < -0.4 is 9.62 Å². The van der Waals surface area contributed by atoms with E-state index in [9.17, 15) is 8.42 Å². The topological polar surface area (TPSA) is 72.9 Å². The average molecular weight is 375 g/mol. The molecule has 0 spiro atoms. The van der Waals surface area contributed by atoms with Crippen molar-refractivity contribution >= 4 is 21.7 Å². The Kier molecular flexibility index (Phi) is 6.13. The molecule has 2 N–H and O–H groups in total. The van der Waals surface area contributed by atoms with Crippen molar-refractivity contribution in [1.82, 2.24) is 4.90 Å². The van der Waals surface area contributed by atoms with Gasteiger partial charge < -0.3 is 4.90 Å². The third kappa shape index (κ3) is 5.72. The SMILES string of the molecule is O=S(=O)(O)Nc1ccc(N2CCN(CCCc3ccccc3)CC2)cc1. The summed E-state index contributed by atoms with van der Waals surface area (Å²) in [5.41, 5.74) is 2.82. The number of piperazine rings is 1. The normalized spacial score (nSPS) is 15.8. The van der Waals surface area contributed by atoms with E-state index in [1.54, 1.807) is 12.1 Å². The highest BCUT2D eigenvalue weighted by atomic mass is 32.2. The molecule has 1 heterocycles. The van der Waals surface area contributed by atoms with Crippen LogP contribution in [0.3, 0.4) is 0 Å². The fourth-order valence-corrected chi connectivity index (χ4v) is 3.70. The molecule has 0 saturated carbocycles. The maximum atomic E-state index is 10.8. The number of nitrogens with one attached hydrogen (secondary N) is 1. The van der Waals surface area contributed by atoms with Gasteiger partial charge in [-0.2, -0.15) is 8.42 Å². The van der Waals surface area contributed by atoms with E-state index in [1.807, 2.05) is 18.2 Å². The summed E-state index contributed by atoms with van der Waals surface area (Å²) in [4.78, 5) is 4.79. The minimum absolute atomic E-state index is 0.357. The second-order valence-electron chi connectivity index (χ2n) is 6.54. The van der Waals surface area contributed by atoms with Crippen molar-refractivity contribution in [2.45, 2.75) is 12.8 Å². The number of anilines is 2. The summed E-state index contributed by atoms with van der Waals surface area (Å²) in [5.74, 6) is 0. The standard InChI is InChI=1S/C19H25N3O3S/c23-26(24,25)20-18-8-10-19(11-9-18)22-15-13-21(14-16-22)12-4-7-17-5-2-1-3-6-17/h1-3,5-6,8-11,20H,4,7,12-16H2,(H,23,24,25). The van der Waals surface area contributed by atoms with Gasteiger partial charge in [0.15, 0.2) is 0 Å². The molecular formula is C19H25N3O3S. The number of benzene rings is 2. The maximum absolute atomic E-state index is 10.8. The molecule has 140 valence electrons. The first kappa shape index (κ1) is 18.7. The molecule has 6 nitrogen and oxygen atoms in total. The lowest BCUT2D eigenvalue weighted by molar-refractivity contribution is 0.255.